The van der Waals surface area contributed by atoms with Gasteiger partial charge in [0.2, 0.25) is 5.91 Å². The maximum absolute atomic E-state index is 10.5. The number of nitrogens with two attached hydrogens (primary N) is 1. The van der Waals surface area contributed by atoms with Gasteiger partial charge < -0.3 is 5.73 Å². The van der Waals surface area contributed by atoms with Crippen LogP contribution in [-0.2, 0) is 11.2 Å². The van der Waals surface area contributed by atoms with Gasteiger partial charge in [0.1, 0.15) is 5.01 Å². The molecule has 0 radical (unpaired) electrons. The molecule has 4 heteroatoms. The molecule has 0 spiro atoms. The van der Waals surface area contributed by atoms with Gasteiger partial charge in [-0.3, -0.25) is 4.79 Å². The lowest BCUT2D eigenvalue weighted by molar-refractivity contribution is -0.117. The lowest BCUT2D eigenvalue weighted by atomic mass is 10.4. The minimum absolute atomic E-state index is 0.263. The van der Waals surface area contributed by atoms with Crippen LogP contribution in [0.15, 0.2) is 0 Å². The highest BCUT2D eigenvalue weighted by molar-refractivity contribution is 7.11. The van der Waals surface area contributed by atoms with E-state index in [1.807, 2.05) is 13.8 Å². The Morgan fingerprint density at radius 3 is 2.64 bits per heavy atom. The molecular weight excluding hydrogens is 160 g/mol. The molecule has 0 atom stereocenters. The summed E-state index contributed by atoms with van der Waals surface area (Å²) < 4.78 is 0. The molecule has 0 aliphatic carbocycles. The van der Waals surface area contributed by atoms with Crippen LogP contribution in [0.25, 0.3) is 0 Å². The van der Waals surface area contributed by atoms with E-state index in [4.69, 9.17) is 5.73 Å². The summed E-state index contributed by atoms with van der Waals surface area (Å²) in [6, 6.07) is 0. The van der Waals surface area contributed by atoms with Gasteiger partial charge in [-0.25, -0.2) is 4.98 Å². The Labute approximate surface area is 69.3 Å². The van der Waals surface area contributed by atoms with Gasteiger partial charge in [0.25, 0.3) is 0 Å². The Kier molecular flexibility index (Phi) is 2.24. The first-order valence-corrected chi connectivity index (χ1v) is 4.12. The Morgan fingerprint density at radius 1 is 1.64 bits per heavy atom. The van der Waals surface area contributed by atoms with E-state index in [9.17, 15) is 4.79 Å². The fourth-order valence-electron chi connectivity index (χ4n) is 0.764. The van der Waals surface area contributed by atoms with E-state index in [1.165, 1.54) is 11.3 Å². The minimum Gasteiger partial charge on any atom is -0.369 e. The van der Waals surface area contributed by atoms with Crippen LogP contribution < -0.4 is 5.73 Å². The Balaban J connectivity index is 2.81. The summed E-state index contributed by atoms with van der Waals surface area (Å²) in [7, 11) is 0. The van der Waals surface area contributed by atoms with Crippen molar-refractivity contribution < 1.29 is 4.79 Å². The molecular formula is C7H10N2OS. The first-order valence-electron chi connectivity index (χ1n) is 3.31. The van der Waals surface area contributed by atoms with Crippen LogP contribution in [0, 0.1) is 13.8 Å². The van der Waals surface area contributed by atoms with Crippen LogP contribution in [-0.4, -0.2) is 10.9 Å². The molecule has 60 valence electrons. The second-order valence-electron chi connectivity index (χ2n) is 2.39. The van der Waals surface area contributed by atoms with Gasteiger partial charge in [0.15, 0.2) is 0 Å². The van der Waals surface area contributed by atoms with E-state index in [0.29, 0.717) is 0 Å². The number of amides is 1. The summed E-state index contributed by atoms with van der Waals surface area (Å²) in [6.45, 7) is 3.91. The number of hydrogen-bond acceptors (Lipinski definition) is 3. The number of hydrogen-bond donors (Lipinski definition) is 1. The number of primary amides is 1. The zero-order valence-electron chi connectivity index (χ0n) is 6.55. The number of aryl methyl sites for hydroxylation is 2. The fraction of sp³-hybridized carbons (Fsp3) is 0.429. The van der Waals surface area contributed by atoms with Gasteiger partial charge in [-0.2, -0.15) is 0 Å². The molecule has 0 unspecified atom stereocenters. The monoisotopic (exact) mass is 170 g/mol. The fourth-order valence-corrected chi connectivity index (χ4v) is 1.71. The van der Waals surface area contributed by atoms with E-state index in [2.05, 4.69) is 4.98 Å². The molecule has 0 aliphatic rings. The van der Waals surface area contributed by atoms with Crippen molar-refractivity contribution in [3.05, 3.63) is 15.6 Å². The lowest BCUT2D eigenvalue weighted by Gasteiger charge is -1.86. The van der Waals surface area contributed by atoms with Gasteiger partial charge in [-0.05, 0) is 13.8 Å². The average Bonchev–Trinajstić information content (AvgIpc) is 2.10. The maximum atomic E-state index is 10.5. The standard InChI is InChI=1S/C7H10N2OS/c1-4-5(2)11-7(9-4)3-6(8)10/h3H2,1-2H3,(H2,8,10). The Morgan fingerprint density at radius 2 is 2.27 bits per heavy atom. The predicted octanol–water partition coefficient (Wildman–Crippen LogP) is 0.788. The quantitative estimate of drug-likeness (QED) is 0.713. The largest absolute Gasteiger partial charge is 0.369 e. The van der Waals surface area contributed by atoms with Gasteiger partial charge in [0, 0.05) is 4.88 Å². The normalized spacial score (nSPS) is 10.0. The summed E-state index contributed by atoms with van der Waals surface area (Å²) in [6.07, 6.45) is 0.263. The molecule has 2 N–H and O–H groups in total. The van der Waals surface area contributed by atoms with Crippen molar-refractivity contribution in [2.75, 3.05) is 0 Å². The van der Waals surface area contributed by atoms with Gasteiger partial charge >= 0.3 is 0 Å². The van der Waals surface area contributed by atoms with Gasteiger partial charge in [-0.15, -0.1) is 11.3 Å². The van der Waals surface area contributed by atoms with Crippen LogP contribution >= 0.6 is 11.3 Å². The van der Waals surface area contributed by atoms with Crippen molar-refractivity contribution in [3.63, 3.8) is 0 Å². The van der Waals surface area contributed by atoms with Crippen molar-refractivity contribution in [2.24, 2.45) is 5.73 Å². The summed E-state index contributed by atoms with van der Waals surface area (Å²) in [4.78, 5) is 15.8. The molecule has 0 aliphatic heterocycles. The molecule has 3 nitrogen and oxygen atoms in total. The molecule has 1 aromatic heterocycles. The van der Waals surface area contributed by atoms with E-state index >= 15 is 0 Å². The van der Waals surface area contributed by atoms with Crippen molar-refractivity contribution in [1.29, 1.82) is 0 Å². The van der Waals surface area contributed by atoms with Crippen molar-refractivity contribution in [3.8, 4) is 0 Å². The molecule has 1 aromatic rings. The molecule has 1 heterocycles. The summed E-state index contributed by atoms with van der Waals surface area (Å²) in [5.41, 5.74) is 6.00. The first kappa shape index (κ1) is 8.20. The number of rotatable bonds is 2. The summed E-state index contributed by atoms with van der Waals surface area (Å²) >= 11 is 1.53. The number of aromatic nitrogens is 1. The van der Waals surface area contributed by atoms with E-state index in [1.54, 1.807) is 0 Å². The third-order valence-electron chi connectivity index (χ3n) is 1.40. The smallest absolute Gasteiger partial charge is 0.224 e. The molecule has 0 bridgehead atoms. The molecule has 1 amide bonds. The topological polar surface area (TPSA) is 56.0 Å². The third-order valence-corrected chi connectivity index (χ3v) is 2.47. The zero-order chi connectivity index (χ0) is 8.43. The second-order valence-corrected chi connectivity index (χ2v) is 3.68. The number of thiazole rings is 1. The van der Waals surface area contributed by atoms with E-state index in [0.717, 1.165) is 15.6 Å². The van der Waals surface area contributed by atoms with Crippen LogP contribution in [0.4, 0.5) is 0 Å². The molecule has 1 rings (SSSR count). The van der Waals surface area contributed by atoms with E-state index < -0.39 is 0 Å². The van der Waals surface area contributed by atoms with Crippen molar-refractivity contribution >= 4 is 17.2 Å². The highest BCUT2D eigenvalue weighted by Crippen LogP contribution is 2.16. The Bertz CT molecular complexity index is 260. The first-order chi connectivity index (χ1) is 5.09. The number of carbonyl (C=O) groups excluding carboxylic acids is 1. The third kappa shape index (κ3) is 2.01. The average molecular weight is 170 g/mol. The predicted molar refractivity (Wildman–Crippen MR) is 44.5 cm³/mol. The molecule has 0 fully saturated rings. The summed E-state index contributed by atoms with van der Waals surface area (Å²) in [5, 5.41) is 0.813. The summed E-state index contributed by atoms with van der Waals surface area (Å²) in [5.74, 6) is -0.321. The highest BCUT2D eigenvalue weighted by atomic mass is 32.1. The van der Waals surface area contributed by atoms with Crippen LogP contribution in [0.2, 0.25) is 0 Å². The zero-order valence-corrected chi connectivity index (χ0v) is 7.36. The van der Waals surface area contributed by atoms with Gasteiger partial charge in [0.05, 0.1) is 12.1 Å². The number of carbonyl (C=O) groups is 1. The Hall–Kier alpha value is -0.900. The van der Waals surface area contributed by atoms with Crippen molar-refractivity contribution in [1.82, 2.24) is 4.98 Å². The highest BCUT2D eigenvalue weighted by Gasteiger charge is 2.05. The molecule has 11 heavy (non-hydrogen) atoms. The number of nitrogens with zero attached hydrogens (tertiary/aromatic N) is 1. The maximum Gasteiger partial charge on any atom is 0.224 e. The van der Waals surface area contributed by atoms with Crippen LogP contribution in [0.1, 0.15) is 15.6 Å². The van der Waals surface area contributed by atoms with Gasteiger partial charge in [-0.1, -0.05) is 0 Å². The molecule has 0 saturated heterocycles. The lowest BCUT2D eigenvalue weighted by Crippen LogP contribution is -2.13. The van der Waals surface area contributed by atoms with Crippen molar-refractivity contribution in [2.45, 2.75) is 20.3 Å². The molecule has 0 aromatic carbocycles. The second kappa shape index (κ2) is 3.00. The van der Waals surface area contributed by atoms with E-state index in [-0.39, 0.29) is 12.3 Å². The SMILES string of the molecule is Cc1nc(CC(N)=O)sc1C. The van der Waals surface area contributed by atoms with Crippen LogP contribution in [0.5, 0.6) is 0 Å². The van der Waals surface area contributed by atoms with Crippen LogP contribution in [0.3, 0.4) is 0 Å². The molecule has 0 saturated carbocycles. The minimum atomic E-state index is -0.321.